The van der Waals surface area contributed by atoms with E-state index in [4.69, 9.17) is 0 Å². The van der Waals surface area contributed by atoms with Crippen molar-refractivity contribution >= 4 is 5.91 Å². The topological polar surface area (TPSA) is 75.9 Å². The fourth-order valence-corrected chi connectivity index (χ4v) is 3.02. The Labute approximate surface area is 142 Å². The Morgan fingerprint density at radius 1 is 1.29 bits per heavy atom. The average molecular weight is 328 g/mol. The van der Waals surface area contributed by atoms with E-state index in [2.05, 4.69) is 37.4 Å². The lowest BCUT2D eigenvalue weighted by Crippen LogP contribution is -2.46. The highest BCUT2D eigenvalue weighted by Crippen LogP contribution is 2.14. The summed E-state index contributed by atoms with van der Waals surface area (Å²) in [5.41, 5.74) is 1.29. The molecule has 1 N–H and O–H groups in total. The number of amides is 1. The number of aromatic nitrogens is 4. The molecule has 0 aliphatic carbocycles. The second-order valence-corrected chi connectivity index (χ2v) is 6.43. The Morgan fingerprint density at radius 3 is 2.71 bits per heavy atom. The Kier molecular flexibility index (Phi) is 5.53. The first-order valence-electron chi connectivity index (χ1n) is 8.45. The van der Waals surface area contributed by atoms with Gasteiger partial charge in [-0.1, -0.05) is 6.92 Å². The van der Waals surface area contributed by atoms with Crippen molar-refractivity contribution in [2.75, 3.05) is 13.1 Å². The fourth-order valence-electron chi connectivity index (χ4n) is 3.02. The van der Waals surface area contributed by atoms with Crippen molar-refractivity contribution in [3.05, 3.63) is 42.7 Å². The summed E-state index contributed by atoms with van der Waals surface area (Å²) in [4.78, 5) is 22.7. The molecular weight excluding hydrogens is 304 g/mol. The van der Waals surface area contributed by atoms with Gasteiger partial charge in [0.1, 0.15) is 12.7 Å². The van der Waals surface area contributed by atoms with Gasteiger partial charge in [-0.05, 0) is 30.5 Å². The maximum atomic E-state index is 12.3. The van der Waals surface area contributed by atoms with Gasteiger partial charge in [0, 0.05) is 38.1 Å². The molecule has 1 fully saturated rings. The van der Waals surface area contributed by atoms with E-state index < -0.39 is 0 Å². The smallest absolute Gasteiger partial charge is 0.224 e. The van der Waals surface area contributed by atoms with Gasteiger partial charge in [0.15, 0.2) is 0 Å². The van der Waals surface area contributed by atoms with Crippen molar-refractivity contribution in [1.82, 2.24) is 30.0 Å². The molecule has 0 saturated carbocycles. The Bertz CT molecular complexity index is 622. The average Bonchev–Trinajstić information content (AvgIpc) is 3.10. The Morgan fingerprint density at radius 2 is 2.04 bits per heavy atom. The highest BCUT2D eigenvalue weighted by atomic mass is 16.2. The van der Waals surface area contributed by atoms with E-state index in [9.17, 15) is 4.79 Å². The molecule has 1 aliphatic rings. The number of piperidine rings is 1. The SMILES string of the molecule is CC(Cn1cncn1)C(=O)NC1CCN(Cc2ccncc2)CC1. The van der Waals surface area contributed by atoms with E-state index in [0.29, 0.717) is 6.54 Å². The fraction of sp³-hybridized carbons (Fsp3) is 0.529. The van der Waals surface area contributed by atoms with Crippen molar-refractivity contribution in [3.8, 4) is 0 Å². The van der Waals surface area contributed by atoms with Crippen molar-refractivity contribution in [2.45, 2.75) is 38.9 Å². The van der Waals surface area contributed by atoms with Crippen LogP contribution in [0.15, 0.2) is 37.2 Å². The first-order valence-corrected chi connectivity index (χ1v) is 8.45. The van der Waals surface area contributed by atoms with Gasteiger partial charge in [0.2, 0.25) is 5.91 Å². The van der Waals surface area contributed by atoms with Crippen molar-refractivity contribution in [3.63, 3.8) is 0 Å². The van der Waals surface area contributed by atoms with Crippen molar-refractivity contribution < 1.29 is 4.79 Å². The minimum atomic E-state index is -0.110. The molecule has 1 saturated heterocycles. The van der Waals surface area contributed by atoms with E-state index in [0.717, 1.165) is 32.5 Å². The molecule has 0 bridgehead atoms. The number of nitrogens with zero attached hydrogens (tertiary/aromatic N) is 5. The van der Waals surface area contributed by atoms with Crippen LogP contribution in [0.2, 0.25) is 0 Å². The predicted molar refractivity (Wildman–Crippen MR) is 89.9 cm³/mol. The van der Waals surface area contributed by atoms with E-state index in [1.54, 1.807) is 11.0 Å². The van der Waals surface area contributed by atoms with Crippen LogP contribution in [0.3, 0.4) is 0 Å². The number of pyridine rings is 1. The van der Waals surface area contributed by atoms with Gasteiger partial charge in [0.05, 0.1) is 12.5 Å². The normalized spacial score (nSPS) is 17.5. The summed E-state index contributed by atoms with van der Waals surface area (Å²) in [5, 5.41) is 7.23. The minimum absolute atomic E-state index is 0.0954. The van der Waals surface area contributed by atoms with Gasteiger partial charge in [-0.25, -0.2) is 4.98 Å². The van der Waals surface area contributed by atoms with Crippen LogP contribution < -0.4 is 5.32 Å². The molecule has 3 heterocycles. The van der Waals surface area contributed by atoms with Gasteiger partial charge in [0.25, 0.3) is 0 Å². The van der Waals surface area contributed by atoms with E-state index in [1.807, 2.05) is 19.3 Å². The Balaban J connectivity index is 1.41. The summed E-state index contributed by atoms with van der Waals surface area (Å²) >= 11 is 0. The van der Waals surface area contributed by atoms with Gasteiger partial charge in [-0.2, -0.15) is 5.10 Å². The third-order valence-corrected chi connectivity index (χ3v) is 4.46. The predicted octanol–water partition coefficient (Wildman–Crippen LogP) is 1.09. The highest BCUT2D eigenvalue weighted by Gasteiger charge is 2.23. The van der Waals surface area contributed by atoms with Gasteiger partial charge >= 0.3 is 0 Å². The molecule has 1 aliphatic heterocycles. The van der Waals surface area contributed by atoms with Crippen LogP contribution in [-0.2, 0) is 17.9 Å². The van der Waals surface area contributed by atoms with E-state index in [1.165, 1.54) is 11.9 Å². The van der Waals surface area contributed by atoms with Gasteiger partial charge in [-0.3, -0.25) is 19.4 Å². The lowest BCUT2D eigenvalue weighted by Gasteiger charge is -2.32. The molecule has 2 aromatic heterocycles. The number of nitrogens with one attached hydrogen (secondary N) is 1. The van der Waals surface area contributed by atoms with Crippen LogP contribution in [0.1, 0.15) is 25.3 Å². The molecule has 2 aromatic rings. The summed E-state index contributed by atoms with van der Waals surface area (Å²) < 4.78 is 1.70. The molecule has 0 radical (unpaired) electrons. The second-order valence-electron chi connectivity index (χ2n) is 6.43. The van der Waals surface area contributed by atoms with Gasteiger partial charge < -0.3 is 5.32 Å². The van der Waals surface area contributed by atoms with Crippen LogP contribution in [-0.4, -0.2) is 49.7 Å². The zero-order valence-corrected chi connectivity index (χ0v) is 14.0. The summed E-state index contributed by atoms with van der Waals surface area (Å²) in [7, 11) is 0. The molecule has 7 heteroatoms. The largest absolute Gasteiger partial charge is 0.353 e. The summed E-state index contributed by atoms with van der Waals surface area (Å²) in [5.74, 6) is -0.0142. The van der Waals surface area contributed by atoms with Gasteiger partial charge in [-0.15, -0.1) is 0 Å². The van der Waals surface area contributed by atoms with Crippen LogP contribution >= 0.6 is 0 Å². The lowest BCUT2D eigenvalue weighted by atomic mass is 10.0. The monoisotopic (exact) mass is 328 g/mol. The quantitative estimate of drug-likeness (QED) is 0.859. The number of hydrogen-bond donors (Lipinski definition) is 1. The summed E-state index contributed by atoms with van der Waals surface area (Å²) in [6.07, 6.45) is 8.78. The first kappa shape index (κ1) is 16.6. The molecule has 1 unspecified atom stereocenters. The third-order valence-electron chi connectivity index (χ3n) is 4.46. The maximum Gasteiger partial charge on any atom is 0.224 e. The molecule has 1 atom stereocenters. The maximum absolute atomic E-state index is 12.3. The number of hydrogen-bond acceptors (Lipinski definition) is 5. The Hall–Kier alpha value is -2.28. The molecule has 1 amide bonds. The zero-order chi connectivity index (χ0) is 16.8. The zero-order valence-electron chi connectivity index (χ0n) is 14.0. The molecule has 128 valence electrons. The first-order chi connectivity index (χ1) is 11.7. The summed E-state index contributed by atoms with van der Waals surface area (Å²) in [6.45, 7) is 5.45. The lowest BCUT2D eigenvalue weighted by molar-refractivity contribution is -0.126. The third kappa shape index (κ3) is 4.61. The van der Waals surface area contributed by atoms with Crippen LogP contribution in [0.25, 0.3) is 0 Å². The van der Waals surface area contributed by atoms with Crippen molar-refractivity contribution in [1.29, 1.82) is 0 Å². The molecule has 24 heavy (non-hydrogen) atoms. The number of rotatable bonds is 6. The van der Waals surface area contributed by atoms with Crippen LogP contribution in [0.5, 0.6) is 0 Å². The molecule has 3 rings (SSSR count). The highest BCUT2D eigenvalue weighted by molar-refractivity contribution is 5.78. The number of carbonyl (C=O) groups is 1. The minimum Gasteiger partial charge on any atom is -0.353 e. The van der Waals surface area contributed by atoms with Crippen LogP contribution in [0.4, 0.5) is 0 Å². The van der Waals surface area contributed by atoms with E-state index >= 15 is 0 Å². The molecule has 0 spiro atoms. The van der Waals surface area contributed by atoms with Crippen molar-refractivity contribution in [2.24, 2.45) is 5.92 Å². The number of likely N-dealkylation sites (tertiary alicyclic amines) is 1. The number of carbonyl (C=O) groups excluding carboxylic acids is 1. The second kappa shape index (κ2) is 8.01. The molecule has 7 nitrogen and oxygen atoms in total. The molecular formula is C17H24N6O. The molecule has 0 aromatic carbocycles. The standard InChI is InChI=1S/C17H24N6O/c1-14(10-23-13-19-12-20-23)17(24)21-16-4-8-22(9-5-16)11-15-2-6-18-7-3-15/h2-3,6-7,12-14,16H,4-5,8-11H2,1H3,(H,21,24). The van der Waals surface area contributed by atoms with Crippen LogP contribution in [0, 0.1) is 5.92 Å². The summed E-state index contributed by atoms with van der Waals surface area (Å²) in [6, 6.07) is 4.38. The van der Waals surface area contributed by atoms with E-state index in [-0.39, 0.29) is 17.9 Å².